The van der Waals surface area contributed by atoms with E-state index in [9.17, 15) is 4.39 Å². The minimum absolute atomic E-state index is 0.121. The molecule has 0 saturated heterocycles. The van der Waals surface area contributed by atoms with Crippen LogP contribution in [0.1, 0.15) is 11.1 Å². The fourth-order valence-electron chi connectivity index (χ4n) is 2.38. The third-order valence-electron chi connectivity index (χ3n) is 3.46. The van der Waals surface area contributed by atoms with E-state index >= 15 is 0 Å². The molecule has 21 heavy (non-hydrogen) atoms. The number of hydrogen-bond donors (Lipinski definition) is 0. The first-order valence-electron chi connectivity index (χ1n) is 6.76. The Labute approximate surface area is 134 Å². The Kier molecular flexibility index (Phi) is 5.89. The predicted octanol–water partition coefficient (Wildman–Crippen LogP) is 5.13. The first-order valence-corrected chi connectivity index (χ1v) is 7.67. The third-order valence-corrected chi connectivity index (χ3v) is 4.19. The second kappa shape index (κ2) is 7.67. The monoisotopic (exact) mass is 326 g/mol. The van der Waals surface area contributed by atoms with Gasteiger partial charge < -0.3 is 4.74 Å². The highest BCUT2D eigenvalue weighted by molar-refractivity contribution is 6.30. The van der Waals surface area contributed by atoms with E-state index in [0.29, 0.717) is 17.9 Å². The van der Waals surface area contributed by atoms with Crippen LogP contribution in [0.3, 0.4) is 0 Å². The molecular weight excluding hydrogens is 310 g/mol. The van der Waals surface area contributed by atoms with Crippen molar-refractivity contribution < 1.29 is 9.13 Å². The number of para-hydroxylation sites is 1. The third kappa shape index (κ3) is 4.12. The van der Waals surface area contributed by atoms with Crippen molar-refractivity contribution in [3.8, 4) is 5.75 Å². The minimum atomic E-state index is -0.352. The molecule has 1 nitrogen and oxygen atoms in total. The standard InChI is InChI=1S/C17H17Cl2FO/c1-21-16-8-3-2-5-13(16)9-12(11-18)10-14-6-4-7-15(19)17(14)20/h2-8,12H,9-11H2,1H3. The number of halogens is 3. The normalized spacial score (nSPS) is 12.2. The van der Waals surface area contributed by atoms with Gasteiger partial charge in [-0.15, -0.1) is 11.6 Å². The summed E-state index contributed by atoms with van der Waals surface area (Å²) in [7, 11) is 1.64. The van der Waals surface area contributed by atoms with E-state index in [1.807, 2.05) is 24.3 Å². The largest absolute Gasteiger partial charge is 0.496 e. The van der Waals surface area contributed by atoms with Crippen LogP contribution in [0, 0.1) is 11.7 Å². The molecule has 0 aromatic heterocycles. The van der Waals surface area contributed by atoms with Gasteiger partial charge in [0.15, 0.2) is 0 Å². The smallest absolute Gasteiger partial charge is 0.144 e. The first kappa shape index (κ1) is 16.1. The lowest BCUT2D eigenvalue weighted by Gasteiger charge is -2.16. The Bertz CT molecular complexity index is 601. The highest BCUT2D eigenvalue weighted by Crippen LogP contribution is 2.26. The molecule has 0 aliphatic carbocycles. The number of methoxy groups -OCH3 is 1. The number of rotatable bonds is 6. The van der Waals surface area contributed by atoms with Crippen molar-refractivity contribution >= 4 is 23.2 Å². The molecule has 0 aliphatic rings. The molecule has 0 aliphatic heterocycles. The number of benzene rings is 2. The summed E-state index contributed by atoms with van der Waals surface area (Å²) in [6, 6.07) is 12.9. The van der Waals surface area contributed by atoms with Crippen LogP contribution in [-0.4, -0.2) is 13.0 Å². The van der Waals surface area contributed by atoms with Crippen molar-refractivity contribution in [2.45, 2.75) is 12.8 Å². The summed E-state index contributed by atoms with van der Waals surface area (Å²) >= 11 is 11.9. The topological polar surface area (TPSA) is 9.23 Å². The summed E-state index contributed by atoms with van der Waals surface area (Å²) in [5.74, 6) is 1.05. The van der Waals surface area contributed by atoms with Crippen LogP contribution in [-0.2, 0) is 12.8 Å². The van der Waals surface area contributed by atoms with E-state index < -0.39 is 0 Å². The van der Waals surface area contributed by atoms with Crippen molar-refractivity contribution in [3.63, 3.8) is 0 Å². The molecule has 0 radical (unpaired) electrons. The summed E-state index contributed by atoms with van der Waals surface area (Å²) in [4.78, 5) is 0. The number of ether oxygens (including phenoxy) is 1. The molecule has 0 saturated carbocycles. The van der Waals surface area contributed by atoms with Crippen molar-refractivity contribution in [3.05, 3.63) is 64.4 Å². The van der Waals surface area contributed by atoms with Gasteiger partial charge in [-0.1, -0.05) is 41.9 Å². The quantitative estimate of drug-likeness (QED) is 0.669. The van der Waals surface area contributed by atoms with Gasteiger partial charge in [-0.2, -0.15) is 0 Å². The molecule has 0 heterocycles. The van der Waals surface area contributed by atoms with E-state index in [1.165, 1.54) is 0 Å². The van der Waals surface area contributed by atoms with Gasteiger partial charge in [-0.3, -0.25) is 0 Å². The fraction of sp³-hybridized carbons (Fsp3) is 0.294. The number of hydrogen-bond acceptors (Lipinski definition) is 1. The lowest BCUT2D eigenvalue weighted by atomic mass is 9.93. The fourth-order valence-corrected chi connectivity index (χ4v) is 2.79. The van der Waals surface area contributed by atoms with Gasteiger partial charge in [-0.25, -0.2) is 4.39 Å². The van der Waals surface area contributed by atoms with Crippen molar-refractivity contribution in [2.75, 3.05) is 13.0 Å². The average Bonchev–Trinajstić information content (AvgIpc) is 2.51. The van der Waals surface area contributed by atoms with E-state index in [2.05, 4.69) is 0 Å². The maximum Gasteiger partial charge on any atom is 0.144 e. The van der Waals surface area contributed by atoms with Crippen LogP contribution in [0.5, 0.6) is 5.75 Å². The summed E-state index contributed by atoms with van der Waals surface area (Å²) in [5, 5.41) is 0.151. The van der Waals surface area contributed by atoms with Gasteiger partial charge in [0, 0.05) is 5.88 Å². The van der Waals surface area contributed by atoms with E-state index in [-0.39, 0.29) is 16.8 Å². The first-order chi connectivity index (χ1) is 10.2. The maximum atomic E-state index is 14.0. The number of alkyl halides is 1. The molecule has 0 fully saturated rings. The summed E-state index contributed by atoms with van der Waals surface area (Å²) < 4.78 is 19.3. The second-order valence-electron chi connectivity index (χ2n) is 4.95. The maximum absolute atomic E-state index is 14.0. The molecule has 0 N–H and O–H groups in total. The molecule has 112 valence electrons. The van der Waals surface area contributed by atoms with Crippen LogP contribution >= 0.6 is 23.2 Å². The summed E-state index contributed by atoms with van der Waals surface area (Å²) in [5.41, 5.74) is 1.68. The lowest BCUT2D eigenvalue weighted by Crippen LogP contribution is -2.12. The Morgan fingerprint density at radius 1 is 1.05 bits per heavy atom. The van der Waals surface area contributed by atoms with E-state index in [1.54, 1.807) is 25.3 Å². The summed E-state index contributed by atoms with van der Waals surface area (Å²) in [6.45, 7) is 0. The second-order valence-corrected chi connectivity index (χ2v) is 5.67. The summed E-state index contributed by atoms with van der Waals surface area (Å²) in [6.07, 6.45) is 1.29. The zero-order valence-corrected chi connectivity index (χ0v) is 13.3. The molecule has 2 rings (SSSR count). The Hall–Kier alpha value is -1.25. The van der Waals surface area contributed by atoms with Gasteiger partial charge in [0.25, 0.3) is 0 Å². The van der Waals surface area contributed by atoms with Gasteiger partial charge >= 0.3 is 0 Å². The minimum Gasteiger partial charge on any atom is -0.496 e. The van der Waals surface area contributed by atoms with Crippen LogP contribution in [0.4, 0.5) is 4.39 Å². The Balaban J connectivity index is 2.15. The van der Waals surface area contributed by atoms with Gasteiger partial charge in [0.2, 0.25) is 0 Å². The zero-order chi connectivity index (χ0) is 15.2. The van der Waals surface area contributed by atoms with Gasteiger partial charge in [0.1, 0.15) is 11.6 Å². The van der Waals surface area contributed by atoms with Crippen LogP contribution in [0.15, 0.2) is 42.5 Å². The molecular formula is C17H17Cl2FO. The molecule has 0 bridgehead atoms. The highest BCUT2D eigenvalue weighted by Gasteiger charge is 2.15. The Morgan fingerprint density at radius 2 is 1.71 bits per heavy atom. The molecule has 0 spiro atoms. The Morgan fingerprint density at radius 3 is 2.43 bits per heavy atom. The van der Waals surface area contributed by atoms with E-state index in [0.717, 1.165) is 17.7 Å². The zero-order valence-electron chi connectivity index (χ0n) is 11.8. The highest BCUT2D eigenvalue weighted by atomic mass is 35.5. The van der Waals surface area contributed by atoms with Crippen molar-refractivity contribution in [1.29, 1.82) is 0 Å². The molecule has 0 amide bonds. The van der Waals surface area contributed by atoms with Gasteiger partial charge in [0.05, 0.1) is 12.1 Å². The van der Waals surface area contributed by atoms with Crippen LogP contribution in [0.25, 0.3) is 0 Å². The van der Waals surface area contributed by atoms with Crippen LogP contribution < -0.4 is 4.74 Å². The van der Waals surface area contributed by atoms with E-state index in [4.69, 9.17) is 27.9 Å². The SMILES string of the molecule is COc1ccccc1CC(CCl)Cc1cccc(Cl)c1F. The molecule has 2 aromatic rings. The van der Waals surface area contributed by atoms with Crippen molar-refractivity contribution in [2.24, 2.45) is 5.92 Å². The molecule has 1 unspecified atom stereocenters. The van der Waals surface area contributed by atoms with Crippen LogP contribution in [0.2, 0.25) is 5.02 Å². The lowest BCUT2D eigenvalue weighted by molar-refractivity contribution is 0.405. The molecule has 4 heteroatoms. The average molecular weight is 327 g/mol. The predicted molar refractivity (Wildman–Crippen MR) is 86.0 cm³/mol. The molecule has 2 aromatic carbocycles. The van der Waals surface area contributed by atoms with Crippen molar-refractivity contribution in [1.82, 2.24) is 0 Å². The van der Waals surface area contributed by atoms with Gasteiger partial charge in [-0.05, 0) is 42.0 Å². The molecule has 1 atom stereocenters.